The number of aryl methyl sites for hydroxylation is 2. The first-order valence-electron chi connectivity index (χ1n) is 5.53. The lowest BCUT2D eigenvalue weighted by atomic mass is 10.1. The number of nitrogens with one attached hydrogen (secondary N) is 1. The minimum absolute atomic E-state index is 0.532. The zero-order chi connectivity index (χ0) is 12.0. The van der Waals surface area contributed by atoms with E-state index >= 15 is 0 Å². The predicted octanol–water partition coefficient (Wildman–Crippen LogP) is 2.46. The maximum Gasteiger partial charge on any atom is 0.200 e. The second kappa shape index (κ2) is 3.38. The summed E-state index contributed by atoms with van der Waals surface area (Å²) in [5, 5.41) is 1.18. The topological polar surface area (TPSA) is 59.6 Å². The highest BCUT2D eigenvalue weighted by Gasteiger charge is 2.13. The fourth-order valence-corrected chi connectivity index (χ4v) is 2.21. The summed E-state index contributed by atoms with van der Waals surface area (Å²) in [6, 6.07) is 8.22. The number of aromatic amines is 1. The lowest BCUT2D eigenvalue weighted by Crippen LogP contribution is -1.94. The zero-order valence-electron chi connectivity index (χ0n) is 9.86. The molecule has 2 aromatic heterocycles. The smallest absolute Gasteiger partial charge is 0.200 e. The number of anilines is 1. The van der Waals surface area contributed by atoms with E-state index in [9.17, 15) is 0 Å². The van der Waals surface area contributed by atoms with E-state index in [0.29, 0.717) is 5.95 Å². The van der Waals surface area contributed by atoms with Crippen molar-refractivity contribution >= 4 is 16.9 Å². The molecule has 0 saturated carbocycles. The number of nitrogens with two attached hydrogens (primary N) is 1. The van der Waals surface area contributed by atoms with Gasteiger partial charge in [-0.3, -0.25) is 0 Å². The quantitative estimate of drug-likeness (QED) is 0.669. The van der Waals surface area contributed by atoms with Crippen molar-refractivity contribution in [3.8, 4) is 11.3 Å². The molecule has 0 aliphatic rings. The van der Waals surface area contributed by atoms with Crippen LogP contribution in [0.4, 0.5) is 5.95 Å². The van der Waals surface area contributed by atoms with E-state index in [1.54, 1.807) is 0 Å². The molecule has 3 N–H and O–H groups in total. The molecular formula is C13H14N4. The number of imidazole rings is 1. The van der Waals surface area contributed by atoms with Gasteiger partial charge in [0.25, 0.3) is 0 Å². The van der Waals surface area contributed by atoms with Crippen molar-refractivity contribution < 1.29 is 0 Å². The Labute approximate surface area is 99.1 Å². The highest BCUT2D eigenvalue weighted by molar-refractivity contribution is 5.96. The second-order valence-electron chi connectivity index (χ2n) is 4.27. The molecule has 1 aromatic carbocycles. The van der Waals surface area contributed by atoms with Crippen LogP contribution in [0.5, 0.6) is 0 Å². The van der Waals surface area contributed by atoms with E-state index in [1.807, 2.05) is 29.9 Å². The van der Waals surface area contributed by atoms with Crippen LogP contribution in [-0.4, -0.2) is 14.5 Å². The maximum absolute atomic E-state index is 5.78. The maximum atomic E-state index is 5.78. The van der Waals surface area contributed by atoms with Crippen LogP contribution >= 0.6 is 0 Å². The van der Waals surface area contributed by atoms with Crippen molar-refractivity contribution in [1.29, 1.82) is 0 Å². The van der Waals surface area contributed by atoms with Gasteiger partial charge in [-0.2, -0.15) is 0 Å². The van der Waals surface area contributed by atoms with Gasteiger partial charge in [-0.05, 0) is 13.0 Å². The van der Waals surface area contributed by atoms with E-state index in [1.165, 1.54) is 5.39 Å². The summed E-state index contributed by atoms with van der Waals surface area (Å²) >= 11 is 0. The number of hydrogen-bond acceptors (Lipinski definition) is 2. The van der Waals surface area contributed by atoms with Crippen LogP contribution in [0.25, 0.3) is 22.2 Å². The third-order valence-electron chi connectivity index (χ3n) is 3.06. The minimum Gasteiger partial charge on any atom is -0.369 e. The van der Waals surface area contributed by atoms with Gasteiger partial charge in [-0.1, -0.05) is 18.2 Å². The molecule has 0 spiro atoms. The summed E-state index contributed by atoms with van der Waals surface area (Å²) in [5.41, 5.74) is 10.1. The first-order valence-corrected chi connectivity index (χ1v) is 5.53. The van der Waals surface area contributed by atoms with E-state index in [4.69, 9.17) is 5.73 Å². The predicted molar refractivity (Wildman–Crippen MR) is 69.7 cm³/mol. The molecule has 0 radical (unpaired) electrons. The number of hydrogen-bond donors (Lipinski definition) is 2. The largest absolute Gasteiger partial charge is 0.369 e. The van der Waals surface area contributed by atoms with Crippen LogP contribution in [-0.2, 0) is 7.05 Å². The third-order valence-corrected chi connectivity index (χ3v) is 3.06. The lowest BCUT2D eigenvalue weighted by molar-refractivity contribution is 0.930. The minimum atomic E-state index is 0.532. The van der Waals surface area contributed by atoms with Gasteiger partial charge in [0.1, 0.15) is 0 Å². The average Bonchev–Trinajstić information content (AvgIpc) is 2.78. The van der Waals surface area contributed by atoms with Gasteiger partial charge in [-0.25, -0.2) is 4.98 Å². The van der Waals surface area contributed by atoms with Crippen LogP contribution in [0.15, 0.2) is 30.5 Å². The Morgan fingerprint density at radius 3 is 2.76 bits per heavy atom. The molecule has 86 valence electrons. The lowest BCUT2D eigenvalue weighted by Gasteiger charge is -1.95. The van der Waals surface area contributed by atoms with Crippen LogP contribution < -0.4 is 5.73 Å². The first kappa shape index (κ1) is 9.96. The highest BCUT2D eigenvalue weighted by Crippen LogP contribution is 2.31. The van der Waals surface area contributed by atoms with Gasteiger partial charge < -0.3 is 15.3 Å². The molecular weight excluding hydrogens is 212 g/mol. The summed E-state index contributed by atoms with van der Waals surface area (Å²) in [5.74, 6) is 0.532. The Balaban J connectivity index is 2.33. The molecule has 0 amide bonds. The molecule has 3 rings (SSSR count). The zero-order valence-corrected chi connectivity index (χ0v) is 9.86. The van der Waals surface area contributed by atoms with Gasteiger partial charge >= 0.3 is 0 Å². The molecule has 2 heterocycles. The monoisotopic (exact) mass is 226 g/mol. The molecule has 0 aliphatic heterocycles. The molecule has 0 saturated heterocycles. The van der Waals surface area contributed by atoms with Gasteiger partial charge in [0, 0.05) is 35.4 Å². The normalized spacial score (nSPS) is 11.2. The summed E-state index contributed by atoms with van der Waals surface area (Å²) < 4.78 is 1.83. The Hall–Kier alpha value is -2.23. The number of rotatable bonds is 1. The molecule has 4 heteroatoms. The Morgan fingerprint density at radius 2 is 2.06 bits per heavy atom. The summed E-state index contributed by atoms with van der Waals surface area (Å²) in [6.07, 6.45) is 1.96. The van der Waals surface area contributed by atoms with Crippen LogP contribution in [0.3, 0.4) is 0 Å². The van der Waals surface area contributed by atoms with E-state index in [0.717, 1.165) is 22.5 Å². The second-order valence-corrected chi connectivity index (χ2v) is 4.27. The van der Waals surface area contributed by atoms with Crippen LogP contribution in [0.1, 0.15) is 5.69 Å². The Bertz CT molecular complexity index is 671. The molecule has 3 aromatic rings. The standard InChI is InChI=1S/C13H14N4/c1-8-12(11-7-17(2)13(14)16-11)9-5-3-4-6-10(9)15-8/h3-7,15H,1-2H3,(H2,14,16). The first-order chi connectivity index (χ1) is 8.16. The van der Waals surface area contributed by atoms with E-state index in [-0.39, 0.29) is 0 Å². The molecule has 0 unspecified atom stereocenters. The Morgan fingerprint density at radius 1 is 1.29 bits per heavy atom. The number of para-hydroxylation sites is 1. The van der Waals surface area contributed by atoms with Crippen molar-refractivity contribution in [3.63, 3.8) is 0 Å². The number of H-pyrrole nitrogens is 1. The molecule has 0 fully saturated rings. The number of nitrogen functional groups attached to an aromatic ring is 1. The number of benzene rings is 1. The SMILES string of the molecule is Cc1[nH]c2ccccc2c1-c1cn(C)c(N)n1. The fourth-order valence-electron chi connectivity index (χ4n) is 2.21. The number of fused-ring (bicyclic) bond motifs is 1. The van der Waals surface area contributed by atoms with Crippen molar-refractivity contribution in [2.75, 3.05) is 5.73 Å². The average molecular weight is 226 g/mol. The number of aromatic nitrogens is 3. The number of nitrogens with zero attached hydrogens (tertiary/aromatic N) is 2. The van der Waals surface area contributed by atoms with Crippen molar-refractivity contribution in [3.05, 3.63) is 36.2 Å². The molecule has 0 bridgehead atoms. The van der Waals surface area contributed by atoms with Crippen molar-refractivity contribution in [1.82, 2.24) is 14.5 Å². The van der Waals surface area contributed by atoms with Gasteiger partial charge in [0.2, 0.25) is 0 Å². The van der Waals surface area contributed by atoms with Crippen molar-refractivity contribution in [2.24, 2.45) is 7.05 Å². The van der Waals surface area contributed by atoms with Gasteiger partial charge in [0.15, 0.2) is 5.95 Å². The van der Waals surface area contributed by atoms with E-state index < -0.39 is 0 Å². The van der Waals surface area contributed by atoms with Crippen LogP contribution in [0.2, 0.25) is 0 Å². The molecule has 4 nitrogen and oxygen atoms in total. The van der Waals surface area contributed by atoms with Gasteiger partial charge in [-0.15, -0.1) is 0 Å². The third kappa shape index (κ3) is 1.41. The summed E-state index contributed by atoms with van der Waals surface area (Å²) in [4.78, 5) is 7.75. The fraction of sp³-hybridized carbons (Fsp3) is 0.154. The molecule has 0 aliphatic carbocycles. The van der Waals surface area contributed by atoms with E-state index in [2.05, 4.69) is 29.0 Å². The molecule has 17 heavy (non-hydrogen) atoms. The summed E-state index contributed by atoms with van der Waals surface area (Å²) in [6.45, 7) is 2.06. The summed E-state index contributed by atoms with van der Waals surface area (Å²) in [7, 11) is 1.90. The van der Waals surface area contributed by atoms with Crippen molar-refractivity contribution in [2.45, 2.75) is 6.92 Å². The Kier molecular flexibility index (Phi) is 1.98. The van der Waals surface area contributed by atoms with Crippen LogP contribution in [0, 0.1) is 6.92 Å². The van der Waals surface area contributed by atoms with Gasteiger partial charge in [0.05, 0.1) is 5.69 Å². The molecule has 0 atom stereocenters. The highest BCUT2D eigenvalue weighted by atomic mass is 15.1.